The van der Waals surface area contributed by atoms with Crippen LogP contribution in [-0.4, -0.2) is 34.9 Å². The number of esters is 1. The molecule has 0 fully saturated rings. The fourth-order valence-electron chi connectivity index (χ4n) is 1.06. The highest BCUT2D eigenvalue weighted by Gasteiger charge is 2.15. The largest absolute Gasteiger partial charge is 0.475 e. The lowest BCUT2D eigenvalue weighted by Crippen LogP contribution is -2.28. The topological polar surface area (TPSA) is 68.7 Å². The third-order valence-corrected chi connectivity index (χ3v) is 1.78. The van der Waals surface area contributed by atoms with E-state index in [0.29, 0.717) is 6.61 Å². The summed E-state index contributed by atoms with van der Waals surface area (Å²) in [5.74, 6) is -0.195. The highest BCUT2D eigenvalue weighted by Crippen LogP contribution is 2.11. The third-order valence-electron chi connectivity index (χ3n) is 1.78. The summed E-state index contributed by atoms with van der Waals surface area (Å²) < 4.78 is 10.1. The molecule has 0 spiro atoms. The molecule has 0 aromatic carbocycles. The van der Waals surface area contributed by atoms with Crippen LogP contribution in [0.1, 0.15) is 31.3 Å². The van der Waals surface area contributed by atoms with Crippen molar-refractivity contribution in [3.05, 3.63) is 23.9 Å². The lowest BCUT2D eigenvalue weighted by Gasteiger charge is -2.17. The zero-order valence-corrected chi connectivity index (χ0v) is 10.3. The number of hydrogen-bond donors (Lipinski definition) is 1. The molecule has 94 valence electrons. The molecule has 0 saturated heterocycles. The van der Waals surface area contributed by atoms with Gasteiger partial charge in [-0.1, -0.05) is 6.07 Å². The first-order valence-corrected chi connectivity index (χ1v) is 5.42. The molecule has 0 bridgehead atoms. The maximum atomic E-state index is 11.4. The summed E-state index contributed by atoms with van der Waals surface area (Å²) in [7, 11) is 0. The Labute approximate surface area is 100 Å². The van der Waals surface area contributed by atoms with Crippen LogP contribution >= 0.6 is 0 Å². The fraction of sp³-hybridized carbons (Fsp3) is 0.500. The molecule has 0 unspecified atom stereocenters. The highest BCUT2D eigenvalue weighted by molar-refractivity contribution is 5.87. The molecule has 0 aliphatic carbocycles. The molecule has 1 aromatic rings. The first kappa shape index (κ1) is 13.4. The van der Waals surface area contributed by atoms with Crippen LogP contribution in [0.25, 0.3) is 0 Å². The summed E-state index contributed by atoms with van der Waals surface area (Å²) in [5, 5.41) is 9.50. The minimum Gasteiger partial charge on any atom is -0.475 e. The summed E-state index contributed by atoms with van der Waals surface area (Å²) in [6.07, 6.45) is 0. The molecule has 5 heteroatoms. The second kappa shape index (κ2) is 5.63. The average Bonchev–Trinajstić information content (AvgIpc) is 2.26. The van der Waals surface area contributed by atoms with Gasteiger partial charge in [0.15, 0.2) is 5.69 Å². The van der Waals surface area contributed by atoms with Crippen LogP contribution in [0.15, 0.2) is 18.2 Å². The number of aliphatic hydroxyl groups is 1. The summed E-state index contributed by atoms with van der Waals surface area (Å²) >= 11 is 0. The van der Waals surface area contributed by atoms with E-state index in [1.54, 1.807) is 39.0 Å². The van der Waals surface area contributed by atoms with Crippen molar-refractivity contribution in [3.63, 3.8) is 0 Å². The van der Waals surface area contributed by atoms with Crippen LogP contribution < -0.4 is 4.74 Å². The molecule has 0 amide bonds. The van der Waals surface area contributed by atoms with Crippen molar-refractivity contribution in [2.45, 2.75) is 26.4 Å². The molecule has 0 aliphatic rings. The first-order chi connectivity index (χ1) is 7.92. The van der Waals surface area contributed by atoms with E-state index < -0.39 is 11.6 Å². The smallest absolute Gasteiger partial charge is 0.357 e. The molecule has 0 atom stereocenters. The van der Waals surface area contributed by atoms with Gasteiger partial charge >= 0.3 is 5.97 Å². The van der Waals surface area contributed by atoms with E-state index >= 15 is 0 Å². The zero-order valence-electron chi connectivity index (χ0n) is 10.3. The van der Waals surface area contributed by atoms with E-state index in [1.165, 1.54) is 0 Å². The molecular formula is C12H17NO4. The summed E-state index contributed by atoms with van der Waals surface area (Å²) in [5.41, 5.74) is -0.748. The van der Waals surface area contributed by atoms with Gasteiger partial charge < -0.3 is 14.6 Å². The molecule has 1 heterocycles. The van der Waals surface area contributed by atoms with Crippen LogP contribution in [-0.2, 0) is 4.74 Å². The Bertz CT molecular complexity index is 384. The summed E-state index contributed by atoms with van der Waals surface area (Å²) in [6.45, 7) is 5.39. The van der Waals surface area contributed by atoms with Gasteiger partial charge in [0.25, 0.3) is 0 Å². The molecule has 0 aliphatic heterocycles. The van der Waals surface area contributed by atoms with Crippen molar-refractivity contribution < 1.29 is 19.4 Å². The third kappa shape index (κ3) is 4.82. The maximum absolute atomic E-state index is 11.4. The Morgan fingerprint density at radius 2 is 2.18 bits per heavy atom. The minimum atomic E-state index is -0.943. The number of ether oxygens (including phenoxy) is 2. The van der Waals surface area contributed by atoms with Gasteiger partial charge in [-0.15, -0.1) is 0 Å². The summed E-state index contributed by atoms with van der Waals surface area (Å²) in [4.78, 5) is 15.4. The molecule has 0 saturated carbocycles. The lowest BCUT2D eigenvalue weighted by molar-refractivity contribution is 0.0266. The molecule has 5 nitrogen and oxygen atoms in total. The molecule has 1 aromatic heterocycles. The number of pyridine rings is 1. The van der Waals surface area contributed by atoms with Crippen LogP contribution in [0.3, 0.4) is 0 Å². The van der Waals surface area contributed by atoms with Crippen molar-refractivity contribution in [2.24, 2.45) is 0 Å². The van der Waals surface area contributed by atoms with Gasteiger partial charge in [0.2, 0.25) is 5.88 Å². The van der Waals surface area contributed by atoms with Gasteiger partial charge in [0.05, 0.1) is 12.2 Å². The van der Waals surface area contributed by atoms with Crippen LogP contribution in [0.4, 0.5) is 0 Å². The number of nitrogens with zero attached hydrogens (tertiary/aromatic N) is 1. The zero-order chi connectivity index (χ0) is 12.9. The van der Waals surface area contributed by atoms with Crippen LogP contribution in [0, 0.1) is 0 Å². The lowest BCUT2D eigenvalue weighted by atomic mass is 10.2. The number of aromatic nitrogens is 1. The Hall–Kier alpha value is -1.62. The van der Waals surface area contributed by atoms with Crippen molar-refractivity contribution in [1.82, 2.24) is 4.98 Å². The van der Waals surface area contributed by atoms with E-state index in [9.17, 15) is 9.90 Å². The van der Waals surface area contributed by atoms with Gasteiger partial charge in [0.1, 0.15) is 6.61 Å². The number of carbonyl (C=O) groups is 1. The van der Waals surface area contributed by atoms with Gasteiger partial charge in [-0.3, -0.25) is 0 Å². The van der Waals surface area contributed by atoms with Crippen molar-refractivity contribution in [3.8, 4) is 5.88 Å². The quantitative estimate of drug-likeness (QED) is 0.787. The molecular weight excluding hydrogens is 222 g/mol. The van der Waals surface area contributed by atoms with Crippen molar-refractivity contribution in [2.75, 3.05) is 13.2 Å². The molecule has 0 radical (unpaired) electrons. The first-order valence-electron chi connectivity index (χ1n) is 5.42. The van der Waals surface area contributed by atoms with Crippen LogP contribution in [0.5, 0.6) is 5.88 Å². The second-order valence-corrected chi connectivity index (χ2v) is 4.18. The monoisotopic (exact) mass is 239 g/mol. The van der Waals surface area contributed by atoms with E-state index in [-0.39, 0.29) is 18.2 Å². The molecule has 1 rings (SSSR count). The number of carbonyl (C=O) groups excluding carboxylic acids is 1. The standard InChI is InChI=1S/C12H17NO4/c1-4-16-11(14)9-6-5-7-10(13-9)17-8-12(2,3)15/h5-7,15H,4,8H2,1-3H3. The van der Waals surface area contributed by atoms with E-state index in [2.05, 4.69) is 4.98 Å². The van der Waals surface area contributed by atoms with Gasteiger partial charge in [-0.2, -0.15) is 0 Å². The Morgan fingerprint density at radius 1 is 1.47 bits per heavy atom. The predicted octanol–water partition coefficient (Wildman–Crippen LogP) is 1.41. The van der Waals surface area contributed by atoms with Gasteiger partial charge in [0, 0.05) is 6.07 Å². The van der Waals surface area contributed by atoms with Crippen molar-refractivity contribution in [1.29, 1.82) is 0 Å². The van der Waals surface area contributed by atoms with Crippen LogP contribution in [0.2, 0.25) is 0 Å². The average molecular weight is 239 g/mol. The Morgan fingerprint density at radius 3 is 2.76 bits per heavy atom. The molecule has 1 N–H and O–H groups in total. The highest BCUT2D eigenvalue weighted by atomic mass is 16.5. The van der Waals surface area contributed by atoms with Gasteiger partial charge in [-0.25, -0.2) is 9.78 Å². The predicted molar refractivity (Wildman–Crippen MR) is 62.0 cm³/mol. The normalized spacial score (nSPS) is 11.1. The van der Waals surface area contributed by atoms with Crippen molar-refractivity contribution >= 4 is 5.97 Å². The maximum Gasteiger partial charge on any atom is 0.357 e. The molecule has 17 heavy (non-hydrogen) atoms. The summed E-state index contributed by atoms with van der Waals surface area (Å²) in [6, 6.07) is 4.82. The number of hydrogen-bond acceptors (Lipinski definition) is 5. The fourth-order valence-corrected chi connectivity index (χ4v) is 1.06. The minimum absolute atomic E-state index is 0.103. The van der Waals surface area contributed by atoms with E-state index in [1.807, 2.05) is 0 Å². The Kier molecular flexibility index (Phi) is 4.45. The van der Waals surface area contributed by atoms with E-state index in [0.717, 1.165) is 0 Å². The van der Waals surface area contributed by atoms with E-state index in [4.69, 9.17) is 9.47 Å². The number of rotatable bonds is 5. The Balaban J connectivity index is 2.69. The SMILES string of the molecule is CCOC(=O)c1cccc(OCC(C)(C)O)n1. The second-order valence-electron chi connectivity index (χ2n) is 4.18. The van der Waals surface area contributed by atoms with Gasteiger partial charge in [-0.05, 0) is 26.8 Å².